The zero-order valence-corrected chi connectivity index (χ0v) is 12.2. The standard InChI is InChI=1S/C15H16ClN3O/c1-11(2)19(10-12-4-3-6-17-9-12)15(20)14-8-13(16)5-7-18-14/h3-9,11H,10H2,1-2H3. The highest BCUT2D eigenvalue weighted by molar-refractivity contribution is 6.30. The maximum atomic E-state index is 12.5. The molecule has 0 saturated heterocycles. The van der Waals surface area contributed by atoms with Crippen molar-refractivity contribution in [1.29, 1.82) is 0 Å². The minimum absolute atomic E-state index is 0.0588. The van der Waals surface area contributed by atoms with Gasteiger partial charge in [-0.1, -0.05) is 17.7 Å². The molecule has 0 N–H and O–H groups in total. The van der Waals surface area contributed by atoms with Gasteiger partial charge in [-0.15, -0.1) is 0 Å². The molecule has 0 unspecified atom stereocenters. The quantitative estimate of drug-likeness (QED) is 0.868. The number of amides is 1. The number of halogens is 1. The predicted molar refractivity (Wildman–Crippen MR) is 78.5 cm³/mol. The van der Waals surface area contributed by atoms with Gasteiger partial charge in [0.25, 0.3) is 5.91 Å². The van der Waals surface area contributed by atoms with Crippen LogP contribution in [0.4, 0.5) is 0 Å². The van der Waals surface area contributed by atoms with Crippen LogP contribution >= 0.6 is 11.6 Å². The van der Waals surface area contributed by atoms with Crippen LogP contribution in [0.1, 0.15) is 29.9 Å². The van der Waals surface area contributed by atoms with Crippen LogP contribution in [0.5, 0.6) is 0 Å². The summed E-state index contributed by atoms with van der Waals surface area (Å²) in [4.78, 5) is 22.4. The first kappa shape index (κ1) is 14.5. The van der Waals surface area contributed by atoms with Crippen LogP contribution in [0.2, 0.25) is 5.02 Å². The summed E-state index contributed by atoms with van der Waals surface area (Å²) in [7, 11) is 0. The van der Waals surface area contributed by atoms with Gasteiger partial charge in [0.1, 0.15) is 5.69 Å². The molecule has 0 aliphatic heterocycles. The third-order valence-corrected chi connectivity index (χ3v) is 3.14. The van der Waals surface area contributed by atoms with Crippen molar-refractivity contribution < 1.29 is 4.79 Å². The SMILES string of the molecule is CC(C)N(Cc1cccnc1)C(=O)c1cc(Cl)ccn1. The molecule has 2 heterocycles. The summed E-state index contributed by atoms with van der Waals surface area (Å²) in [6.07, 6.45) is 5.01. The Morgan fingerprint density at radius 1 is 1.35 bits per heavy atom. The number of rotatable bonds is 4. The van der Waals surface area contributed by atoms with E-state index in [1.165, 1.54) is 6.20 Å². The van der Waals surface area contributed by atoms with E-state index in [1.54, 1.807) is 29.4 Å². The fourth-order valence-electron chi connectivity index (χ4n) is 1.85. The Bertz CT molecular complexity index is 587. The smallest absolute Gasteiger partial charge is 0.273 e. The summed E-state index contributed by atoms with van der Waals surface area (Å²) in [5.74, 6) is -0.133. The van der Waals surface area contributed by atoms with Gasteiger partial charge in [0.2, 0.25) is 0 Å². The Labute approximate surface area is 123 Å². The second kappa shape index (κ2) is 6.48. The van der Waals surface area contributed by atoms with Gasteiger partial charge in [-0.3, -0.25) is 14.8 Å². The molecule has 0 atom stereocenters. The van der Waals surface area contributed by atoms with E-state index in [0.29, 0.717) is 17.3 Å². The van der Waals surface area contributed by atoms with Crippen LogP contribution in [0.15, 0.2) is 42.9 Å². The lowest BCUT2D eigenvalue weighted by Gasteiger charge is -2.26. The Morgan fingerprint density at radius 3 is 2.75 bits per heavy atom. The van der Waals surface area contributed by atoms with Crippen molar-refractivity contribution in [1.82, 2.24) is 14.9 Å². The van der Waals surface area contributed by atoms with Gasteiger partial charge in [0.05, 0.1) is 0 Å². The molecule has 0 spiro atoms. The van der Waals surface area contributed by atoms with Crippen LogP contribution in [0.3, 0.4) is 0 Å². The Kier molecular flexibility index (Phi) is 4.69. The largest absolute Gasteiger partial charge is 0.331 e. The van der Waals surface area contributed by atoms with Crippen LogP contribution < -0.4 is 0 Å². The molecule has 0 fully saturated rings. The first-order valence-electron chi connectivity index (χ1n) is 6.39. The molecule has 0 aromatic carbocycles. The van der Waals surface area contributed by atoms with Gasteiger partial charge in [-0.25, -0.2) is 0 Å². The van der Waals surface area contributed by atoms with Crippen LogP contribution in [0, 0.1) is 0 Å². The maximum Gasteiger partial charge on any atom is 0.273 e. The molecule has 4 nitrogen and oxygen atoms in total. The molecule has 2 aromatic rings. The number of carbonyl (C=O) groups excluding carboxylic acids is 1. The predicted octanol–water partition coefficient (Wildman–Crippen LogP) is 3.18. The van der Waals surface area contributed by atoms with Gasteiger partial charge in [0.15, 0.2) is 0 Å². The fraction of sp³-hybridized carbons (Fsp3) is 0.267. The maximum absolute atomic E-state index is 12.5. The molecule has 0 aliphatic carbocycles. The average Bonchev–Trinajstić information content (AvgIpc) is 2.45. The van der Waals surface area contributed by atoms with Gasteiger partial charge >= 0.3 is 0 Å². The van der Waals surface area contributed by atoms with Crippen molar-refractivity contribution in [3.05, 3.63) is 59.1 Å². The first-order valence-corrected chi connectivity index (χ1v) is 6.77. The minimum Gasteiger partial charge on any atom is -0.331 e. The van der Waals surface area contributed by atoms with Crippen LogP contribution in [-0.4, -0.2) is 26.8 Å². The molecule has 1 amide bonds. The number of aromatic nitrogens is 2. The van der Waals surface area contributed by atoms with Gasteiger partial charge in [0, 0.05) is 36.2 Å². The molecule has 20 heavy (non-hydrogen) atoms. The van der Waals surface area contributed by atoms with E-state index in [1.807, 2.05) is 26.0 Å². The van der Waals surface area contributed by atoms with Gasteiger partial charge < -0.3 is 4.90 Å². The highest BCUT2D eigenvalue weighted by Crippen LogP contribution is 2.14. The van der Waals surface area contributed by atoms with E-state index in [2.05, 4.69) is 9.97 Å². The van der Waals surface area contributed by atoms with Gasteiger partial charge in [-0.05, 0) is 37.6 Å². The van der Waals surface area contributed by atoms with Crippen molar-refractivity contribution >= 4 is 17.5 Å². The molecule has 0 bridgehead atoms. The molecule has 2 rings (SSSR count). The lowest BCUT2D eigenvalue weighted by Crippen LogP contribution is -2.36. The van der Waals surface area contributed by atoms with Crippen molar-refractivity contribution in [3.8, 4) is 0 Å². The van der Waals surface area contributed by atoms with E-state index < -0.39 is 0 Å². The number of nitrogens with zero attached hydrogens (tertiary/aromatic N) is 3. The summed E-state index contributed by atoms with van der Waals surface area (Å²) in [6.45, 7) is 4.44. The lowest BCUT2D eigenvalue weighted by molar-refractivity contribution is 0.0684. The number of carbonyl (C=O) groups is 1. The second-order valence-electron chi connectivity index (χ2n) is 4.75. The van der Waals surface area contributed by atoms with E-state index in [4.69, 9.17) is 11.6 Å². The van der Waals surface area contributed by atoms with Gasteiger partial charge in [-0.2, -0.15) is 0 Å². The summed E-state index contributed by atoms with van der Waals surface area (Å²) in [5.41, 5.74) is 1.34. The average molecular weight is 290 g/mol. The third kappa shape index (κ3) is 3.54. The highest BCUT2D eigenvalue weighted by Gasteiger charge is 2.20. The monoisotopic (exact) mass is 289 g/mol. The topological polar surface area (TPSA) is 46.1 Å². The van der Waals surface area contributed by atoms with E-state index in [-0.39, 0.29) is 11.9 Å². The normalized spacial score (nSPS) is 10.6. The number of pyridine rings is 2. The molecule has 0 radical (unpaired) electrons. The molecular formula is C15H16ClN3O. The Balaban J connectivity index is 2.23. The van der Waals surface area contributed by atoms with E-state index in [9.17, 15) is 4.79 Å². The zero-order chi connectivity index (χ0) is 14.5. The lowest BCUT2D eigenvalue weighted by atomic mass is 10.2. The fourth-order valence-corrected chi connectivity index (χ4v) is 2.01. The number of hydrogen-bond acceptors (Lipinski definition) is 3. The van der Waals surface area contributed by atoms with E-state index >= 15 is 0 Å². The van der Waals surface area contributed by atoms with Crippen molar-refractivity contribution in [2.45, 2.75) is 26.4 Å². The first-order chi connectivity index (χ1) is 9.58. The molecule has 5 heteroatoms. The third-order valence-electron chi connectivity index (χ3n) is 2.90. The summed E-state index contributed by atoms with van der Waals surface area (Å²) in [6, 6.07) is 7.10. The molecule has 0 aliphatic rings. The van der Waals surface area contributed by atoms with Crippen LogP contribution in [0.25, 0.3) is 0 Å². The highest BCUT2D eigenvalue weighted by atomic mass is 35.5. The molecule has 104 valence electrons. The molecule has 0 saturated carbocycles. The van der Waals surface area contributed by atoms with Crippen LogP contribution in [-0.2, 0) is 6.54 Å². The van der Waals surface area contributed by atoms with Crippen molar-refractivity contribution in [2.24, 2.45) is 0 Å². The minimum atomic E-state index is -0.133. The van der Waals surface area contributed by atoms with Crippen molar-refractivity contribution in [3.63, 3.8) is 0 Å². The Hall–Kier alpha value is -1.94. The van der Waals surface area contributed by atoms with E-state index in [0.717, 1.165) is 5.56 Å². The molecule has 2 aromatic heterocycles. The zero-order valence-electron chi connectivity index (χ0n) is 11.5. The molecular weight excluding hydrogens is 274 g/mol. The summed E-state index contributed by atoms with van der Waals surface area (Å²) < 4.78 is 0. The second-order valence-corrected chi connectivity index (χ2v) is 5.18. The number of hydrogen-bond donors (Lipinski definition) is 0. The summed E-state index contributed by atoms with van der Waals surface area (Å²) in [5, 5.41) is 0.508. The summed E-state index contributed by atoms with van der Waals surface area (Å²) >= 11 is 5.91. The van der Waals surface area contributed by atoms with Crippen molar-refractivity contribution in [2.75, 3.05) is 0 Å². The Morgan fingerprint density at radius 2 is 2.15 bits per heavy atom.